The Morgan fingerprint density at radius 1 is 1.23 bits per heavy atom. The zero-order valence-electron chi connectivity index (χ0n) is 18.3. The lowest BCUT2D eigenvalue weighted by molar-refractivity contribution is -0.147. The summed E-state index contributed by atoms with van der Waals surface area (Å²) < 4.78 is 7.22. The standard InChI is InChI=1S/C23H29N5O3/c1-22(2,27-10-12-31-13-11-27)21(30)28-9-8-23(19(28)16-14-24-26(3)15-16)17-6-4-5-7-18(17)25-20(23)29/h4-7,14-15,19H,8-13H2,1-3H3,(H,25,29)/t19-,23+/m0/s1. The molecular formula is C23H29N5O3. The lowest BCUT2D eigenvalue weighted by atomic mass is 9.73. The third-order valence-corrected chi connectivity index (χ3v) is 7.21. The number of benzene rings is 1. The summed E-state index contributed by atoms with van der Waals surface area (Å²) in [5, 5.41) is 7.43. The summed E-state index contributed by atoms with van der Waals surface area (Å²) >= 11 is 0. The molecule has 2 fully saturated rings. The number of amides is 2. The predicted octanol–water partition coefficient (Wildman–Crippen LogP) is 1.69. The maximum atomic E-state index is 14.0. The summed E-state index contributed by atoms with van der Waals surface area (Å²) in [5.74, 6) is -0.000610. The van der Waals surface area contributed by atoms with Crippen molar-refractivity contribution in [3.8, 4) is 0 Å². The Balaban J connectivity index is 1.59. The van der Waals surface area contributed by atoms with Crippen LogP contribution in [0.4, 0.5) is 5.69 Å². The molecule has 5 rings (SSSR count). The number of hydrogen-bond donors (Lipinski definition) is 1. The molecule has 164 valence electrons. The van der Waals surface area contributed by atoms with E-state index in [0.717, 1.165) is 29.9 Å². The molecule has 2 amide bonds. The normalized spacial score (nSPS) is 26.4. The van der Waals surface area contributed by atoms with Crippen LogP contribution in [0.15, 0.2) is 36.7 Å². The highest BCUT2D eigenvalue weighted by atomic mass is 16.5. The molecular weight excluding hydrogens is 394 g/mol. The van der Waals surface area contributed by atoms with Crippen molar-refractivity contribution < 1.29 is 14.3 Å². The Hall–Kier alpha value is -2.71. The minimum atomic E-state index is -0.809. The van der Waals surface area contributed by atoms with E-state index in [0.29, 0.717) is 26.2 Å². The number of anilines is 1. The van der Waals surface area contributed by atoms with Gasteiger partial charge in [0.05, 0.1) is 31.0 Å². The molecule has 1 spiro atoms. The van der Waals surface area contributed by atoms with Crippen LogP contribution in [-0.2, 0) is 26.8 Å². The van der Waals surface area contributed by atoms with Gasteiger partial charge in [0.2, 0.25) is 11.8 Å². The van der Waals surface area contributed by atoms with Gasteiger partial charge >= 0.3 is 0 Å². The van der Waals surface area contributed by atoms with Crippen LogP contribution in [0.2, 0.25) is 0 Å². The van der Waals surface area contributed by atoms with Crippen LogP contribution in [0.1, 0.15) is 37.4 Å². The SMILES string of the molecule is Cn1cc([C@@H]2N(C(=O)C(C)(C)N3CCOCC3)CC[C@]23C(=O)Nc2ccccc23)cn1. The zero-order valence-corrected chi connectivity index (χ0v) is 18.3. The van der Waals surface area contributed by atoms with Crippen molar-refractivity contribution in [3.63, 3.8) is 0 Å². The third-order valence-electron chi connectivity index (χ3n) is 7.21. The smallest absolute Gasteiger partial charge is 0.243 e. The molecule has 3 aliphatic rings. The second-order valence-corrected chi connectivity index (χ2v) is 9.23. The van der Waals surface area contributed by atoms with E-state index in [2.05, 4.69) is 15.3 Å². The van der Waals surface area contributed by atoms with Crippen molar-refractivity contribution in [1.29, 1.82) is 0 Å². The molecule has 8 heteroatoms. The first-order chi connectivity index (χ1) is 14.9. The van der Waals surface area contributed by atoms with Crippen molar-refractivity contribution >= 4 is 17.5 Å². The summed E-state index contributed by atoms with van der Waals surface area (Å²) in [7, 11) is 1.86. The molecule has 2 saturated heterocycles. The van der Waals surface area contributed by atoms with Gasteiger partial charge in [0.15, 0.2) is 0 Å². The molecule has 0 unspecified atom stereocenters. The molecule has 31 heavy (non-hydrogen) atoms. The molecule has 2 atom stereocenters. The zero-order chi connectivity index (χ0) is 21.8. The molecule has 0 bridgehead atoms. The largest absolute Gasteiger partial charge is 0.379 e. The van der Waals surface area contributed by atoms with Crippen LogP contribution in [0.5, 0.6) is 0 Å². The van der Waals surface area contributed by atoms with Crippen molar-refractivity contribution in [2.24, 2.45) is 7.05 Å². The Kier molecular flexibility index (Phi) is 4.67. The molecule has 0 saturated carbocycles. The molecule has 0 radical (unpaired) electrons. The first-order valence-corrected chi connectivity index (χ1v) is 10.9. The van der Waals surface area contributed by atoms with E-state index >= 15 is 0 Å². The molecule has 0 aliphatic carbocycles. The van der Waals surface area contributed by atoms with Crippen LogP contribution in [-0.4, -0.2) is 69.8 Å². The molecule has 4 heterocycles. The number of rotatable bonds is 3. The number of hydrogen-bond acceptors (Lipinski definition) is 5. The Morgan fingerprint density at radius 2 is 1.97 bits per heavy atom. The highest BCUT2D eigenvalue weighted by Gasteiger charge is 2.60. The summed E-state index contributed by atoms with van der Waals surface area (Å²) in [6, 6.07) is 7.43. The number of likely N-dealkylation sites (tertiary alicyclic amines) is 1. The van der Waals surface area contributed by atoms with E-state index < -0.39 is 17.0 Å². The van der Waals surface area contributed by atoms with Crippen LogP contribution < -0.4 is 5.32 Å². The van der Waals surface area contributed by atoms with E-state index in [1.807, 2.05) is 56.3 Å². The molecule has 2 aromatic rings. The topological polar surface area (TPSA) is 79.7 Å². The maximum absolute atomic E-state index is 14.0. The second kappa shape index (κ2) is 7.17. The van der Waals surface area contributed by atoms with Gasteiger partial charge in [-0.3, -0.25) is 19.2 Å². The van der Waals surface area contributed by atoms with E-state index in [4.69, 9.17) is 4.74 Å². The monoisotopic (exact) mass is 423 g/mol. The average Bonchev–Trinajstić information content (AvgIpc) is 3.45. The Morgan fingerprint density at radius 3 is 2.68 bits per heavy atom. The first-order valence-electron chi connectivity index (χ1n) is 10.9. The minimum Gasteiger partial charge on any atom is -0.379 e. The summed E-state index contributed by atoms with van der Waals surface area (Å²) in [5.41, 5.74) is 1.19. The van der Waals surface area contributed by atoms with Gasteiger partial charge in [-0.15, -0.1) is 0 Å². The van der Waals surface area contributed by atoms with Crippen molar-refractivity contribution in [2.45, 2.75) is 37.3 Å². The summed E-state index contributed by atoms with van der Waals surface area (Å²) in [4.78, 5) is 31.6. The molecule has 3 aliphatic heterocycles. The third kappa shape index (κ3) is 2.92. The Bertz CT molecular complexity index is 1030. The van der Waals surface area contributed by atoms with Gasteiger partial charge in [-0.1, -0.05) is 18.2 Å². The number of aromatic nitrogens is 2. The lowest BCUT2D eigenvalue weighted by Crippen LogP contribution is -2.59. The fourth-order valence-electron chi connectivity index (χ4n) is 5.56. The maximum Gasteiger partial charge on any atom is 0.243 e. The molecule has 1 N–H and O–H groups in total. The number of nitrogens with zero attached hydrogens (tertiary/aromatic N) is 4. The van der Waals surface area contributed by atoms with Crippen LogP contribution in [0.3, 0.4) is 0 Å². The number of fused-ring (bicyclic) bond motifs is 2. The van der Waals surface area contributed by atoms with Gasteiger partial charge in [-0.25, -0.2) is 0 Å². The van der Waals surface area contributed by atoms with Crippen LogP contribution in [0.25, 0.3) is 0 Å². The highest BCUT2D eigenvalue weighted by molar-refractivity contribution is 6.08. The first kappa shape index (κ1) is 20.2. The van der Waals surface area contributed by atoms with E-state index in [1.54, 1.807) is 10.9 Å². The highest BCUT2D eigenvalue weighted by Crippen LogP contribution is 2.55. The fourth-order valence-corrected chi connectivity index (χ4v) is 5.56. The number of aryl methyl sites for hydroxylation is 1. The predicted molar refractivity (Wildman–Crippen MR) is 115 cm³/mol. The van der Waals surface area contributed by atoms with Gasteiger partial charge in [0.1, 0.15) is 5.41 Å². The van der Waals surface area contributed by atoms with Crippen LogP contribution >= 0.6 is 0 Å². The lowest BCUT2D eigenvalue weighted by Gasteiger charge is -2.43. The van der Waals surface area contributed by atoms with Gasteiger partial charge < -0.3 is 15.0 Å². The number of para-hydroxylation sites is 1. The number of ether oxygens (including phenoxy) is 1. The fraction of sp³-hybridized carbons (Fsp3) is 0.522. The summed E-state index contributed by atoms with van der Waals surface area (Å²) in [6.07, 6.45) is 4.29. The molecule has 1 aromatic heterocycles. The van der Waals surface area contributed by atoms with Crippen molar-refractivity contribution in [3.05, 3.63) is 47.8 Å². The number of nitrogens with one attached hydrogen (secondary N) is 1. The average molecular weight is 424 g/mol. The van der Waals surface area contributed by atoms with Gasteiger partial charge in [0.25, 0.3) is 0 Å². The van der Waals surface area contributed by atoms with Crippen molar-refractivity contribution in [2.75, 3.05) is 38.2 Å². The van der Waals surface area contributed by atoms with Crippen LogP contribution in [0, 0.1) is 0 Å². The molecule has 8 nitrogen and oxygen atoms in total. The quantitative estimate of drug-likeness (QED) is 0.813. The summed E-state index contributed by atoms with van der Waals surface area (Å²) in [6.45, 7) is 7.18. The van der Waals surface area contributed by atoms with E-state index in [1.165, 1.54) is 0 Å². The minimum absolute atomic E-state index is 0.0392. The van der Waals surface area contributed by atoms with Gasteiger partial charge in [-0.2, -0.15) is 5.10 Å². The van der Waals surface area contributed by atoms with Gasteiger partial charge in [-0.05, 0) is 31.9 Å². The number of carbonyl (C=O) groups is 2. The number of carbonyl (C=O) groups excluding carboxylic acids is 2. The Labute approximate surface area is 182 Å². The second-order valence-electron chi connectivity index (χ2n) is 9.23. The van der Waals surface area contributed by atoms with Crippen molar-refractivity contribution in [1.82, 2.24) is 19.6 Å². The molecule has 1 aromatic carbocycles. The van der Waals surface area contributed by atoms with Gasteiger partial charge in [0, 0.05) is 44.1 Å². The van der Waals surface area contributed by atoms with E-state index in [-0.39, 0.29) is 11.8 Å². The number of morpholine rings is 1. The van der Waals surface area contributed by atoms with E-state index in [9.17, 15) is 9.59 Å².